The third-order valence-electron chi connectivity index (χ3n) is 6.55. The fraction of sp³-hybridized carbons (Fsp3) is 0.393. The van der Waals surface area contributed by atoms with Gasteiger partial charge in [-0.25, -0.2) is 4.90 Å². The predicted molar refractivity (Wildman–Crippen MR) is 137 cm³/mol. The van der Waals surface area contributed by atoms with Crippen LogP contribution in [0.1, 0.15) is 51.0 Å². The van der Waals surface area contributed by atoms with Crippen LogP contribution in [-0.2, 0) is 20.8 Å². The summed E-state index contributed by atoms with van der Waals surface area (Å²) in [5.41, 5.74) is 2.63. The molecule has 0 spiro atoms. The second-order valence-corrected chi connectivity index (χ2v) is 9.40. The molecule has 1 fully saturated rings. The van der Waals surface area contributed by atoms with Crippen LogP contribution in [0.4, 0.5) is 5.69 Å². The molecule has 3 amide bonds. The lowest BCUT2D eigenvalue weighted by atomic mass is 9.96. The number of halogens is 1. The van der Waals surface area contributed by atoms with Crippen LogP contribution < -0.4 is 9.64 Å². The highest BCUT2D eigenvalue weighted by molar-refractivity contribution is 6.30. The summed E-state index contributed by atoms with van der Waals surface area (Å²) < 4.78 is 5.47. The summed E-state index contributed by atoms with van der Waals surface area (Å²) >= 11 is 5.99. The van der Waals surface area contributed by atoms with E-state index in [0.29, 0.717) is 36.0 Å². The predicted octanol–water partition coefficient (Wildman–Crippen LogP) is 5.33. The topological polar surface area (TPSA) is 66.9 Å². The van der Waals surface area contributed by atoms with Crippen molar-refractivity contribution in [1.82, 2.24) is 4.90 Å². The number of allylic oxidation sites excluding steroid dienone is 1. The van der Waals surface area contributed by atoms with Crippen LogP contribution in [0.2, 0.25) is 5.02 Å². The number of benzene rings is 2. The smallest absolute Gasteiger partial charge is 0.257 e. The molecule has 184 valence electrons. The van der Waals surface area contributed by atoms with Crippen LogP contribution in [0.5, 0.6) is 5.75 Å². The van der Waals surface area contributed by atoms with Crippen molar-refractivity contribution in [3.8, 4) is 5.75 Å². The first-order chi connectivity index (χ1) is 17.0. The molecule has 2 aliphatic rings. The van der Waals surface area contributed by atoms with Gasteiger partial charge in [0, 0.05) is 11.6 Å². The number of hydrogen-bond acceptors (Lipinski definition) is 4. The fourth-order valence-corrected chi connectivity index (χ4v) is 4.84. The maximum Gasteiger partial charge on any atom is 0.257 e. The average molecular weight is 495 g/mol. The Morgan fingerprint density at radius 2 is 1.83 bits per heavy atom. The average Bonchev–Trinajstić information content (AvgIpc) is 3.15. The standard InChI is InChI=1S/C28H31ClN2O4/c1-2-35-24-14-12-23(13-15-24)31-27(33)19-25(28(31)34)30(17-16-20-6-4-3-5-7-20)26(32)18-21-8-10-22(29)11-9-21/h6,8-15,25H,2-5,7,16-19H2,1H3. The third kappa shape index (κ3) is 6.12. The largest absolute Gasteiger partial charge is 0.494 e. The number of carbonyl (C=O) groups is 3. The van der Waals surface area contributed by atoms with E-state index in [1.165, 1.54) is 16.9 Å². The van der Waals surface area contributed by atoms with Crippen LogP contribution >= 0.6 is 11.6 Å². The second-order valence-electron chi connectivity index (χ2n) is 8.96. The Labute approximate surface area is 211 Å². The Morgan fingerprint density at radius 3 is 2.49 bits per heavy atom. The molecule has 7 heteroatoms. The highest BCUT2D eigenvalue weighted by Gasteiger charge is 2.44. The highest BCUT2D eigenvalue weighted by Crippen LogP contribution is 2.29. The van der Waals surface area contributed by atoms with Crippen molar-refractivity contribution in [2.45, 2.75) is 57.9 Å². The molecule has 1 aliphatic heterocycles. The minimum absolute atomic E-state index is 0.0164. The van der Waals surface area contributed by atoms with Crippen LogP contribution in [0.15, 0.2) is 60.2 Å². The summed E-state index contributed by atoms with van der Waals surface area (Å²) in [5.74, 6) is -0.151. The van der Waals surface area contributed by atoms with Gasteiger partial charge in [-0.15, -0.1) is 0 Å². The van der Waals surface area contributed by atoms with Gasteiger partial charge in [0.15, 0.2) is 0 Å². The van der Waals surface area contributed by atoms with Gasteiger partial charge in [-0.2, -0.15) is 0 Å². The summed E-state index contributed by atoms with van der Waals surface area (Å²) in [5, 5.41) is 0.602. The highest BCUT2D eigenvalue weighted by atomic mass is 35.5. The van der Waals surface area contributed by atoms with E-state index < -0.39 is 6.04 Å². The van der Waals surface area contributed by atoms with E-state index in [4.69, 9.17) is 16.3 Å². The molecule has 1 heterocycles. The summed E-state index contributed by atoms with van der Waals surface area (Å²) in [7, 11) is 0. The SMILES string of the molecule is CCOc1ccc(N2C(=O)CC(N(CCC3=CCCCC3)C(=O)Cc3ccc(Cl)cc3)C2=O)cc1. The molecule has 0 aromatic heterocycles. The zero-order valence-electron chi connectivity index (χ0n) is 20.0. The first kappa shape index (κ1) is 25.0. The summed E-state index contributed by atoms with van der Waals surface area (Å²) in [6, 6.07) is 13.2. The quantitative estimate of drug-likeness (QED) is 0.349. The molecule has 0 N–H and O–H groups in total. The van der Waals surface area contributed by atoms with E-state index in [2.05, 4.69) is 6.08 Å². The number of anilines is 1. The zero-order valence-corrected chi connectivity index (χ0v) is 20.8. The lowest BCUT2D eigenvalue weighted by Gasteiger charge is -2.29. The van der Waals surface area contributed by atoms with Gasteiger partial charge in [0.25, 0.3) is 5.91 Å². The van der Waals surface area contributed by atoms with E-state index in [1.807, 2.05) is 19.1 Å². The van der Waals surface area contributed by atoms with E-state index in [0.717, 1.165) is 24.8 Å². The summed E-state index contributed by atoms with van der Waals surface area (Å²) in [4.78, 5) is 42.7. The van der Waals surface area contributed by atoms with Gasteiger partial charge in [0.05, 0.1) is 25.1 Å². The molecule has 1 atom stereocenters. The maximum absolute atomic E-state index is 13.5. The molecule has 4 rings (SSSR count). The minimum Gasteiger partial charge on any atom is -0.494 e. The lowest BCUT2D eigenvalue weighted by molar-refractivity contribution is -0.137. The van der Waals surface area contributed by atoms with Crippen LogP contribution in [0, 0.1) is 0 Å². The van der Waals surface area contributed by atoms with Gasteiger partial charge < -0.3 is 9.64 Å². The Balaban J connectivity index is 1.54. The summed E-state index contributed by atoms with van der Waals surface area (Å²) in [6.45, 7) is 2.84. The van der Waals surface area contributed by atoms with Gasteiger partial charge in [0.1, 0.15) is 11.8 Å². The Bertz CT molecular complexity index is 1090. The Hall–Kier alpha value is -3.12. The van der Waals surface area contributed by atoms with Gasteiger partial charge in [-0.05, 0) is 81.0 Å². The normalized spacial score (nSPS) is 17.9. The minimum atomic E-state index is -0.807. The van der Waals surface area contributed by atoms with Crippen molar-refractivity contribution in [2.24, 2.45) is 0 Å². The molecule has 6 nitrogen and oxygen atoms in total. The van der Waals surface area contributed by atoms with E-state index in [1.54, 1.807) is 41.3 Å². The van der Waals surface area contributed by atoms with Crippen LogP contribution in [0.3, 0.4) is 0 Å². The van der Waals surface area contributed by atoms with Gasteiger partial charge in [-0.3, -0.25) is 14.4 Å². The molecule has 2 aromatic carbocycles. The molecule has 1 aliphatic carbocycles. The van der Waals surface area contributed by atoms with Crippen molar-refractivity contribution in [1.29, 1.82) is 0 Å². The monoisotopic (exact) mass is 494 g/mol. The first-order valence-electron chi connectivity index (χ1n) is 12.3. The summed E-state index contributed by atoms with van der Waals surface area (Å²) in [6.07, 6.45) is 7.52. The number of rotatable bonds is 9. The Kier molecular flexibility index (Phi) is 8.24. The van der Waals surface area contributed by atoms with Crippen LogP contribution in [0.25, 0.3) is 0 Å². The second kappa shape index (κ2) is 11.5. The van der Waals surface area contributed by atoms with Crippen molar-refractivity contribution in [2.75, 3.05) is 18.1 Å². The molecule has 35 heavy (non-hydrogen) atoms. The van der Waals surface area contributed by atoms with Gasteiger partial charge >= 0.3 is 0 Å². The molecular weight excluding hydrogens is 464 g/mol. The van der Waals surface area contributed by atoms with Crippen molar-refractivity contribution >= 4 is 35.0 Å². The third-order valence-corrected chi connectivity index (χ3v) is 6.80. The number of imide groups is 1. The van der Waals surface area contributed by atoms with Gasteiger partial charge in [-0.1, -0.05) is 35.4 Å². The fourth-order valence-electron chi connectivity index (χ4n) is 4.72. The number of amides is 3. The molecule has 2 aromatic rings. The number of ether oxygens (including phenoxy) is 1. The first-order valence-corrected chi connectivity index (χ1v) is 12.7. The number of carbonyl (C=O) groups excluding carboxylic acids is 3. The van der Waals surface area contributed by atoms with E-state index >= 15 is 0 Å². The van der Waals surface area contributed by atoms with E-state index in [-0.39, 0.29) is 30.6 Å². The van der Waals surface area contributed by atoms with Gasteiger partial charge in [0.2, 0.25) is 11.8 Å². The molecular formula is C28H31ClN2O4. The number of nitrogens with zero attached hydrogens (tertiary/aromatic N) is 2. The molecule has 1 saturated heterocycles. The molecule has 0 radical (unpaired) electrons. The Morgan fingerprint density at radius 1 is 1.09 bits per heavy atom. The van der Waals surface area contributed by atoms with Crippen LogP contribution in [-0.4, -0.2) is 41.8 Å². The number of hydrogen-bond donors (Lipinski definition) is 0. The van der Waals surface area contributed by atoms with Crippen molar-refractivity contribution in [3.63, 3.8) is 0 Å². The molecule has 0 saturated carbocycles. The maximum atomic E-state index is 13.5. The molecule has 1 unspecified atom stereocenters. The van der Waals surface area contributed by atoms with Crippen molar-refractivity contribution < 1.29 is 19.1 Å². The van der Waals surface area contributed by atoms with E-state index in [9.17, 15) is 14.4 Å². The lowest BCUT2D eigenvalue weighted by Crippen LogP contribution is -2.46. The van der Waals surface area contributed by atoms with Crippen molar-refractivity contribution in [3.05, 3.63) is 70.8 Å². The zero-order chi connectivity index (χ0) is 24.8. The molecule has 0 bridgehead atoms.